The molecule has 1 rings (SSSR count). The molecular formula is C10H12Cl2N2OS. The van der Waals surface area contributed by atoms with E-state index >= 15 is 0 Å². The summed E-state index contributed by atoms with van der Waals surface area (Å²) in [6.45, 7) is 5.52. The van der Waals surface area contributed by atoms with Crippen molar-refractivity contribution >= 4 is 40.4 Å². The summed E-state index contributed by atoms with van der Waals surface area (Å²) in [7, 11) is -1.32. The fourth-order valence-electron chi connectivity index (χ4n) is 0.779. The Labute approximate surface area is 107 Å². The average molecular weight is 279 g/mol. The molecule has 3 nitrogen and oxygen atoms in total. The molecule has 0 saturated carbocycles. The molecule has 1 atom stereocenters. The molecule has 0 aliphatic carbocycles. The quantitative estimate of drug-likeness (QED) is 0.616. The van der Waals surface area contributed by atoms with Crippen LogP contribution in [0.2, 0.25) is 10.2 Å². The van der Waals surface area contributed by atoms with Crippen LogP contribution in [0, 0.1) is 0 Å². The van der Waals surface area contributed by atoms with Gasteiger partial charge >= 0.3 is 0 Å². The molecular weight excluding hydrogens is 267 g/mol. The topological polar surface area (TPSA) is 42.3 Å². The van der Waals surface area contributed by atoms with Gasteiger partial charge in [-0.2, -0.15) is 4.40 Å². The van der Waals surface area contributed by atoms with Gasteiger partial charge in [0.2, 0.25) is 0 Å². The Morgan fingerprint density at radius 3 is 2.56 bits per heavy atom. The van der Waals surface area contributed by atoms with Gasteiger partial charge in [-0.3, -0.25) is 0 Å². The van der Waals surface area contributed by atoms with Crippen molar-refractivity contribution in [3.8, 4) is 0 Å². The van der Waals surface area contributed by atoms with E-state index in [0.29, 0.717) is 15.9 Å². The molecule has 0 bridgehead atoms. The summed E-state index contributed by atoms with van der Waals surface area (Å²) in [5, 5.41) is 0.756. The third-order valence-corrected chi connectivity index (χ3v) is 3.51. The van der Waals surface area contributed by atoms with E-state index in [-0.39, 0.29) is 0 Å². The van der Waals surface area contributed by atoms with Gasteiger partial charge in [0.15, 0.2) is 0 Å². The molecule has 1 aromatic rings. The third-order valence-electron chi connectivity index (χ3n) is 1.63. The van der Waals surface area contributed by atoms with Crippen molar-refractivity contribution in [1.82, 2.24) is 4.98 Å². The van der Waals surface area contributed by atoms with E-state index < -0.39 is 15.7 Å². The van der Waals surface area contributed by atoms with Crippen LogP contribution in [0.25, 0.3) is 0 Å². The Bertz CT molecular complexity index is 441. The van der Waals surface area contributed by atoms with Crippen LogP contribution < -0.4 is 0 Å². The summed E-state index contributed by atoms with van der Waals surface area (Å²) in [5.74, 6) is 0. The van der Waals surface area contributed by atoms with Gasteiger partial charge in [-0.15, -0.1) is 0 Å². The molecule has 0 aromatic carbocycles. The zero-order valence-corrected chi connectivity index (χ0v) is 11.5. The SMILES string of the molecule is CC(C)(C)[S@](=O)/N=C/c1nc(Cl)ccc1Cl. The van der Waals surface area contributed by atoms with Crippen LogP contribution in [0.5, 0.6) is 0 Å². The molecule has 0 saturated heterocycles. The second-order valence-electron chi connectivity index (χ2n) is 4.10. The lowest BCUT2D eigenvalue weighted by molar-refractivity contribution is 0.651. The predicted molar refractivity (Wildman–Crippen MR) is 69.7 cm³/mol. The minimum atomic E-state index is -1.32. The summed E-state index contributed by atoms with van der Waals surface area (Å²) in [6, 6.07) is 3.21. The molecule has 0 N–H and O–H groups in total. The first-order chi connectivity index (χ1) is 7.30. The number of pyridine rings is 1. The van der Waals surface area contributed by atoms with Crippen molar-refractivity contribution < 1.29 is 4.21 Å². The van der Waals surface area contributed by atoms with Crippen molar-refractivity contribution in [3.05, 3.63) is 28.0 Å². The van der Waals surface area contributed by atoms with Crippen LogP contribution in [0.15, 0.2) is 16.5 Å². The van der Waals surface area contributed by atoms with E-state index in [2.05, 4.69) is 9.38 Å². The first-order valence-electron chi connectivity index (χ1n) is 4.59. The fraction of sp³-hybridized carbons (Fsp3) is 0.400. The summed E-state index contributed by atoms with van der Waals surface area (Å²) in [4.78, 5) is 3.98. The van der Waals surface area contributed by atoms with Crippen molar-refractivity contribution in [2.24, 2.45) is 4.40 Å². The highest BCUT2D eigenvalue weighted by atomic mass is 35.5. The first kappa shape index (κ1) is 13.6. The van der Waals surface area contributed by atoms with Gasteiger partial charge in [0.1, 0.15) is 21.8 Å². The van der Waals surface area contributed by atoms with Gasteiger partial charge in [0.25, 0.3) is 0 Å². The number of hydrogen-bond donors (Lipinski definition) is 0. The zero-order chi connectivity index (χ0) is 12.3. The van der Waals surface area contributed by atoms with Gasteiger partial charge < -0.3 is 0 Å². The second kappa shape index (κ2) is 5.25. The highest BCUT2D eigenvalue weighted by Gasteiger charge is 2.18. The number of nitrogens with zero attached hydrogens (tertiary/aromatic N) is 2. The number of rotatable bonds is 2. The highest BCUT2D eigenvalue weighted by Crippen LogP contribution is 2.16. The summed E-state index contributed by atoms with van der Waals surface area (Å²) < 4.78 is 15.2. The molecule has 0 spiro atoms. The fourth-order valence-corrected chi connectivity index (χ4v) is 1.60. The van der Waals surface area contributed by atoms with E-state index in [1.54, 1.807) is 12.1 Å². The lowest BCUT2D eigenvalue weighted by Gasteiger charge is -2.12. The third kappa shape index (κ3) is 3.85. The Morgan fingerprint density at radius 1 is 1.38 bits per heavy atom. The first-order valence-corrected chi connectivity index (χ1v) is 6.45. The van der Waals surface area contributed by atoms with Crippen LogP contribution in [0.1, 0.15) is 26.5 Å². The minimum absolute atomic E-state index is 0.326. The van der Waals surface area contributed by atoms with Crippen LogP contribution in [-0.4, -0.2) is 20.2 Å². The number of aromatic nitrogens is 1. The standard InChI is InChI=1S/C10H12Cl2N2OS/c1-10(2,3)16(15)13-6-8-7(11)4-5-9(12)14-8/h4-6H,1-3H3/b13-6+/t16-/m0/s1. The van der Waals surface area contributed by atoms with Crippen molar-refractivity contribution in [2.45, 2.75) is 25.5 Å². The zero-order valence-electron chi connectivity index (χ0n) is 9.20. The Balaban J connectivity index is 2.93. The molecule has 1 heterocycles. The van der Waals surface area contributed by atoms with Gasteiger partial charge in [0.05, 0.1) is 16.0 Å². The maximum atomic E-state index is 11.6. The van der Waals surface area contributed by atoms with E-state index in [1.807, 2.05) is 20.8 Å². The molecule has 6 heteroatoms. The van der Waals surface area contributed by atoms with Gasteiger partial charge in [-0.1, -0.05) is 23.2 Å². The largest absolute Gasteiger partial charge is 0.234 e. The maximum absolute atomic E-state index is 11.6. The van der Waals surface area contributed by atoms with Crippen LogP contribution in [0.4, 0.5) is 0 Å². The molecule has 16 heavy (non-hydrogen) atoms. The lowest BCUT2D eigenvalue weighted by atomic mass is 10.3. The van der Waals surface area contributed by atoms with Gasteiger partial charge in [-0.25, -0.2) is 9.19 Å². The molecule has 0 fully saturated rings. The maximum Gasteiger partial charge on any atom is 0.144 e. The average Bonchev–Trinajstić information content (AvgIpc) is 2.17. The van der Waals surface area contributed by atoms with Crippen molar-refractivity contribution in [3.63, 3.8) is 0 Å². The highest BCUT2D eigenvalue weighted by molar-refractivity contribution is 7.85. The molecule has 0 radical (unpaired) electrons. The van der Waals surface area contributed by atoms with E-state index in [0.717, 1.165) is 0 Å². The van der Waals surface area contributed by atoms with E-state index in [9.17, 15) is 4.21 Å². The summed E-state index contributed by atoms with van der Waals surface area (Å²) in [6.07, 6.45) is 1.38. The van der Waals surface area contributed by atoms with Crippen molar-refractivity contribution in [2.75, 3.05) is 0 Å². The van der Waals surface area contributed by atoms with Crippen LogP contribution >= 0.6 is 23.2 Å². The van der Waals surface area contributed by atoms with Crippen molar-refractivity contribution in [1.29, 1.82) is 0 Å². The van der Waals surface area contributed by atoms with Crippen LogP contribution in [0.3, 0.4) is 0 Å². The summed E-state index contributed by atoms with van der Waals surface area (Å²) in [5.41, 5.74) is 0.423. The van der Waals surface area contributed by atoms with E-state index in [1.165, 1.54) is 6.21 Å². The molecule has 0 aliphatic heterocycles. The summed E-state index contributed by atoms with van der Waals surface area (Å²) >= 11 is 11.6. The monoisotopic (exact) mass is 278 g/mol. The van der Waals surface area contributed by atoms with Crippen LogP contribution in [-0.2, 0) is 11.0 Å². The lowest BCUT2D eigenvalue weighted by Crippen LogP contribution is -2.19. The predicted octanol–water partition coefficient (Wildman–Crippen LogP) is 3.27. The Morgan fingerprint density at radius 2 is 2.00 bits per heavy atom. The molecule has 1 aromatic heterocycles. The number of halogens is 2. The van der Waals surface area contributed by atoms with E-state index in [4.69, 9.17) is 23.2 Å². The molecule has 0 aliphatic rings. The van der Waals surface area contributed by atoms with Gasteiger partial charge in [-0.05, 0) is 32.9 Å². The number of hydrogen-bond acceptors (Lipinski definition) is 2. The Kier molecular flexibility index (Phi) is 4.47. The van der Waals surface area contributed by atoms with Gasteiger partial charge in [0, 0.05) is 0 Å². The Hall–Kier alpha value is -0.450. The minimum Gasteiger partial charge on any atom is -0.234 e. The normalized spacial score (nSPS) is 14.3. The molecule has 0 unspecified atom stereocenters. The smallest absolute Gasteiger partial charge is 0.144 e. The molecule has 0 amide bonds. The second-order valence-corrected chi connectivity index (χ2v) is 6.83. The molecule has 88 valence electrons.